The lowest BCUT2D eigenvalue weighted by Crippen LogP contribution is -2.28. The average molecular weight is 569 g/mol. The van der Waals surface area contributed by atoms with Crippen LogP contribution in [-0.4, -0.2) is 20.7 Å². The Labute approximate surface area is 223 Å². The van der Waals surface area contributed by atoms with E-state index in [2.05, 4.69) is 15.5 Å². The van der Waals surface area contributed by atoms with Gasteiger partial charge in [-0.1, -0.05) is 47.1 Å². The Kier molecular flexibility index (Phi) is 8.11. The van der Waals surface area contributed by atoms with Crippen LogP contribution in [-0.2, 0) is 11.9 Å². The Morgan fingerprint density at radius 3 is 2.32 bits per heavy atom. The van der Waals surface area contributed by atoms with Crippen LogP contribution in [0.15, 0.2) is 71.9 Å². The molecule has 4 rings (SSSR count). The van der Waals surface area contributed by atoms with Crippen molar-refractivity contribution in [1.29, 1.82) is 0 Å². The lowest BCUT2D eigenvalue weighted by Gasteiger charge is -2.17. The summed E-state index contributed by atoms with van der Waals surface area (Å²) in [6, 6.07) is 14.1. The van der Waals surface area contributed by atoms with Crippen LogP contribution in [0.5, 0.6) is 0 Å². The highest BCUT2D eigenvalue weighted by Gasteiger charge is 2.30. The maximum absolute atomic E-state index is 13.3. The normalized spacial score (nSPS) is 12.4. The second kappa shape index (κ2) is 11.1. The zero-order chi connectivity index (χ0) is 26.7. The van der Waals surface area contributed by atoms with E-state index in [9.17, 15) is 22.4 Å². The van der Waals surface area contributed by atoms with Gasteiger partial charge in [0.2, 0.25) is 0 Å². The van der Waals surface area contributed by atoms with Gasteiger partial charge in [0.05, 0.1) is 22.3 Å². The Morgan fingerprint density at radius 1 is 1.03 bits per heavy atom. The number of alkyl halides is 3. The number of hydrogen-bond donors (Lipinski definition) is 1. The summed E-state index contributed by atoms with van der Waals surface area (Å²) in [7, 11) is 0. The minimum absolute atomic E-state index is 0.0568. The predicted octanol–water partition coefficient (Wildman–Crippen LogP) is 7.52. The van der Waals surface area contributed by atoms with Crippen LogP contribution < -0.4 is 5.32 Å². The minimum Gasteiger partial charge on any atom is -0.342 e. The molecule has 4 aromatic rings. The number of carbonyl (C=O) groups excluding carboxylic acids is 1. The van der Waals surface area contributed by atoms with Gasteiger partial charge in [-0.15, -0.1) is 10.2 Å². The zero-order valence-electron chi connectivity index (χ0n) is 19.1. The van der Waals surface area contributed by atoms with E-state index >= 15 is 0 Å². The number of aromatic nitrogens is 3. The first-order valence-electron chi connectivity index (χ1n) is 10.8. The molecule has 5 nitrogen and oxygen atoms in total. The minimum atomic E-state index is -4.50. The van der Waals surface area contributed by atoms with Crippen molar-refractivity contribution in [1.82, 2.24) is 20.1 Å². The second-order valence-electron chi connectivity index (χ2n) is 7.96. The van der Waals surface area contributed by atoms with Crippen LogP contribution in [0.25, 0.3) is 5.69 Å². The standard InChI is InChI=1S/C25H18Cl2F4N4OS/c1-14(32-23(36)16-4-6-17(7-5-16)25(29,30)31)22-33-34-24(37-13-15-2-9-19(28)10-3-15)35(22)21-11-8-18(26)12-20(21)27/h2-12,14H,13H2,1H3,(H,32,36). The molecule has 37 heavy (non-hydrogen) atoms. The molecule has 1 aromatic heterocycles. The van der Waals surface area contributed by atoms with Crippen molar-refractivity contribution in [2.24, 2.45) is 0 Å². The van der Waals surface area contributed by atoms with Gasteiger partial charge in [-0.3, -0.25) is 9.36 Å². The van der Waals surface area contributed by atoms with E-state index in [1.165, 1.54) is 23.9 Å². The predicted molar refractivity (Wildman–Crippen MR) is 135 cm³/mol. The van der Waals surface area contributed by atoms with Gasteiger partial charge < -0.3 is 5.32 Å². The highest BCUT2D eigenvalue weighted by atomic mass is 35.5. The molecule has 0 fully saturated rings. The van der Waals surface area contributed by atoms with Crippen molar-refractivity contribution in [3.63, 3.8) is 0 Å². The van der Waals surface area contributed by atoms with Crippen LogP contribution >= 0.6 is 35.0 Å². The van der Waals surface area contributed by atoms with Gasteiger partial charge in [0, 0.05) is 16.3 Å². The maximum Gasteiger partial charge on any atom is 0.416 e. The third-order valence-electron chi connectivity index (χ3n) is 5.30. The molecule has 0 bridgehead atoms. The van der Waals surface area contributed by atoms with Gasteiger partial charge in [-0.05, 0) is 67.1 Å². The molecule has 1 N–H and O–H groups in total. The van der Waals surface area contributed by atoms with Crippen molar-refractivity contribution in [2.75, 3.05) is 0 Å². The summed E-state index contributed by atoms with van der Waals surface area (Å²) in [5, 5.41) is 12.5. The average Bonchev–Trinajstić information content (AvgIpc) is 3.27. The zero-order valence-corrected chi connectivity index (χ0v) is 21.4. The van der Waals surface area contributed by atoms with Crippen molar-refractivity contribution in [3.05, 3.63) is 105 Å². The maximum atomic E-state index is 13.3. The van der Waals surface area contributed by atoms with Crippen LogP contribution in [0.4, 0.5) is 17.6 Å². The molecule has 12 heteroatoms. The molecule has 192 valence electrons. The monoisotopic (exact) mass is 568 g/mol. The fourth-order valence-electron chi connectivity index (χ4n) is 3.43. The van der Waals surface area contributed by atoms with E-state index < -0.39 is 23.7 Å². The smallest absolute Gasteiger partial charge is 0.342 e. The van der Waals surface area contributed by atoms with Crippen LogP contribution in [0.2, 0.25) is 10.0 Å². The van der Waals surface area contributed by atoms with Gasteiger partial charge in [0.1, 0.15) is 5.82 Å². The van der Waals surface area contributed by atoms with Crippen molar-refractivity contribution in [2.45, 2.75) is 30.1 Å². The Hall–Kier alpha value is -3.08. The van der Waals surface area contributed by atoms with Gasteiger partial charge in [0.15, 0.2) is 11.0 Å². The lowest BCUT2D eigenvalue weighted by molar-refractivity contribution is -0.137. The van der Waals surface area contributed by atoms with E-state index in [1.807, 2.05) is 0 Å². The number of carbonyl (C=O) groups is 1. The summed E-state index contributed by atoms with van der Waals surface area (Å²) in [5.41, 5.74) is 0.579. The summed E-state index contributed by atoms with van der Waals surface area (Å²) in [4.78, 5) is 12.8. The van der Waals surface area contributed by atoms with Gasteiger partial charge in [-0.25, -0.2) is 4.39 Å². The number of nitrogens with zero attached hydrogens (tertiary/aromatic N) is 3. The highest BCUT2D eigenvalue weighted by Crippen LogP contribution is 2.33. The molecular formula is C25H18Cl2F4N4OS. The Balaban J connectivity index is 1.62. The first kappa shape index (κ1) is 27.0. The third kappa shape index (κ3) is 6.44. The van der Waals surface area contributed by atoms with Crippen LogP contribution in [0.1, 0.15) is 40.3 Å². The van der Waals surface area contributed by atoms with E-state index in [0.29, 0.717) is 32.5 Å². The topological polar surface area (TPSA) is 59.8 Å². The molecule has 1 amide bonds. The molecule has 1 unspecified atom stereocenters. The molecule has 0 saturated heterocycles. The molecule has 1 atom stereocenters. The molecule has 0 radical (unpaired) electrons. The fraction of sp³-hybridized carbons (Fsp3) is 0.160. The van der Waals surface area contributed by atoms with E-state index in [4.69, 9.17) is 23.2 Å². The first-order valence-corrected chi connectivity index (χ1v) is 12.5. The SMILES string of the molecule is CC(NC(=O)c1ccc(C(F)(F)F)cc1)c1nnc(SCc2ccc(F)cc2)n1-c1ccc(Cl)cc1Cl. The number of hydrogen-bond acceptors (Lipinski definition) is 4. The van der Waals surface area contributed by atoms with Crippen molar-refractivity contribution < 1.29 is 22.4 Å². The molecule has 1 heterocycles. The summed E-state index contributed by atoms with van der Waals surface area (Å²) >= 11 is 13.9. The van der Waals surface area contributed by atoms with E-state index in [-0.39, 0.29) is 11.4 Å². The quantitative estimate of drug-likeness (QED) is 0.185. The molecule has 0 saturated carbocycles. The summed E-state index contributed by atoms with van der Waals surface area (Å²) in [6.07, 6.45) is -4.50. The van der Waals surface area contributed by atoms with Crippen molar-refractivity contribution in [3.8, 4) is 5.69 Å². The number of amides is 1. The van der Waals surface area contributed by atoms with Gasteiger partial charge >= 0.3 is 6.18 Å². The van der Waals surface area contributed by atoms with Gasteiger partial charge in [0.25, 0.3) is 5.91 Å². The van der Waals surface area contributed by atoms with Crippen LogP contribution in [0, 0.1) is 5.82 Å². The van der Waals surface area contributed by atoms with Crippen molar-refractivity contribution >= 4 is 40.9 Å². The molecular weight excluding hydrogens is 551 g/mol. The second-order valence-corrected chi connectivity index (χ2v) is 9.74. The Bertz CT molecular complexity index is 1410. The van der Waals surface area contributed by atoms with E-state index in [1.54, 1.807) is 41.8 Å². The fourth-order valence-corrected chi connectivity index (χ4v) is 4.83. The number of nitrogens with one attached hydrogen (secondary N) is 1. The lowest BCUT2D eigenvalue weighted by atomic mass is 10.1. The molecule has 0 aliphatic carbocycles. The highest BCUT2D eigenvalue weighted by molar-refractivity contribution is 7.98. The largest absolute Gasteiger partial charge is 0.416 e. The first-order chi connectivity index (χ1) is 17.5. The molecule has 0 aliphatic rings. The number of thioether (sulfide) groups is 1. The number of halogens is 6. The molecule has 0 aliphatic heterocycles. The van der Waals surface area contributed by atoms with E-state index in [0.717, 1.165) is 29.8 Å². The molecule has 0 spiro atoms. The number of benzene rings is 3. The Morgan fingerprint density at radius 2 is 1.70 bits per heavy atom. The van der Waals surface area contributed by atoms with Crippen LogP contribution in [0.3, 0.4) is 0 Å². The third-order valence-corrected chi connectivity index (χ3v) is 6.84. The summed E-state index contributed by atoms with van der Waals surface area (Å²) < 4.78 is 53.5. The number of rotatable bonds is 7. The molecule has 3 aromatic carbocycles. The summed E-state index contributed by atoms with van der Waals surface area (Å²) in [5.74, 6) is -0.134. The van der Waals surface area contributed by atoms with Gasteiger partial charge in [-0.2, -0.15) is 13.2 Å². The summed E-state index contributed by atoms with van der Waals surface area (Å²) in [6.45, 7) is 1.67.